The van der Waals surface area contributed by atoms with Crippen molar-refractivity contribution in [2.45, 2.75) is 6.92 Å². The second-order valence-corrected chi connectivity index (χ2v) is 4.36. The van der Waals surface area contributed by atoms with E-state index in [1.807, 2.05) is 0 Å². The smallest absolute Gasteiger partial charge is 0.339 e. The van der Waals surface area contributed by atoms with E-state index >= 15 is 0 Å². The minimum Gasteiger partial charge on any atom is -0.356 e. The molecule has 0 aromatic rings. The van der Waals surface area contributed by atoms with Crippen molar-refractivity contribution in [2.75, 3.05) is 26.9 Å². The van der Waals surface area contributed by atoms with Crippen LogP contribution in [0.25, 0.3) is 0 Å². The van der Waals surface area contributed by atoms with Crippen molar-refractivity contribution in [2.24, 2.45) is 0 Å². The molecule has 1 amide bonds. The number of hydrogen-bond acceptors (Lipinski definition) is 4. The monoisotopic (exact) mass is 195 g/mol. The summed E-state index contributed by atoms with van der Waals surface area (Å²) >= 11 is 0. The Balaban J connectivity index is 4.03. The molecule has 0 aliphatic rings. The Hall–Kier alpha value is -0.380. The highest BCUT2D eigenvalue weighted by atomic mass is 31.2. The van der Waals surface area contributed by atoms with Gasteiger partial charge < -0.3 is 14.4 Å². The van der Waals surface area contributed by atoms with Crippen molar-refractivity contribution < 1.29 is 18.4 Å². The highest BCUT2D eigenvalue weighted by molar-refractivity contribution is 7.54. The van der Waals surface area contributed by atoms with E-state index in [9.17, 15) is 9.36 Å². The molecule has 0 aliphatic carbocycles. The van der Waals surface area contributed by atoms with Crippen LogP contribution in [0.5, 0.6) is 0 Å². The van der Waals surface area contributed by atoms with Crippen LogP contribution in [0.3, 0.4) is 0 Å². The molecule has 5 nitrogen and oxygen atoms in total. The summed E-state index contributed by atoms with van der Waals surface area (Å²) < 4.78 is 20.5. The molecule has 0 saturated carbocycles. The second-order valence-electron chi connectivity index (χ2n) is 2.09. The fourth-order valence-electron chi connectivity index (χ4n) is 0.633. The lowest BCUT2D eigenvalue weighted by molar-refractivity contribution is -0.118. The summed E-state index contributed by atoms with van der Waals surface area (Å²) in [6, 6.07) is 0. The third kappa shape index (κ3) is 3.85. The van der Waals surface area contributed by atoms with Crippen LogP contribution < -0.4 is 5.32 Å². The third-order valence-corrected chi connectivity index (χ3v) is 3.05. The van der Waals surface area contributed by atoms with Crippen molar-refractivity contribution >= 4 is 13.5 Å². The molecule has 0 atom stereocenters. The van der Waals surface area contributed by atoms with Crippen LogP contribution in [0.4, 0.5) is 0 Å². The molecule has 0 heterocycles. The zero-order chi connectivity index (χ0) is 9.61. The van der Waals surface area contributed by atoms with E-state index in [4.69, 9.17) is 0 Å². The Morgan fingerprint density at radius 3 is 2.25 bits per heavy atom. The van der Waals surface area contributed by atoms with Gasteiger partial charge in [0.15, 0.2) is 0 Å². The van der Waals surface area contributed by atoms with E-state index in [1.165, 1.54) is 14.2 Å². The largest absolute Gasteiger partial charge is 0.356 e. The highest BCUT2D eigenvalue weighted by Gasteiger charge is 2.24. The van der Waals surface area contributed by atoms with Crippen molar-refractivity contribution in [3.63, 3.8) is 0 Å². The van der Waals surface area contributed by atoms with Gasteiger partial charge in [0.1, 0.15) is 6.16 Å². The lowest BCUT2D eigenvalue weighted by Crippen LogP contribution is -2.26. The zero-order valence-corrected chi connectivity index (χ0v) is 8.39. The number of rotatable bonds is 5. The summed E-state index contributed by atoms with van der Waals surface area (Å²) in [6.07, 6.45) is -0.228. The third-order valence-electron chi connectivity index (χ3n) is 1.27. The van der Waals surface area contributed by atoms with Crippen molar-refractivity contribution in [1.29, 1.82) is 0 Å². The summed E-state index contributed by atoms with van der Waals surface area (Å²) in [4.78, 5) is 10.9. The van der Waals surface area contributed by atoms with Gasteiger partial charge in [0.2, 0.25) is 5.91 Å². The van der Waals surface area contributed by atoms with Gasteiger partial charge in [-0.15, -0.1) is 0 Å². The lowest BCUT2D eigenvalue weighted by Gasteiger charge is -2.12. The molecule has 0 fully saturated rings. The van der Waals surface area contributed by atoms with E-state index in [-0.39, 0.29) is 12.1 Å². The van der Waals surface area contributed by atoms with Gasteiger partial charge in [0.25, 0.3) is 0 Å². The summed E-state index contributed by atoms with van der Waals surface area (Å²) in [6.45, 7) is 2.29. The van der Waals surface area contributed by atoms with Crippen LogP contribution in [0.2, 0.25) is 0 Å². The summed E-state index contributed by atoms with van der Waals surface area (Å²) in [7, 11) is -0.672. The molecule has 0 saturated heterocycles. The molecule has 0 radical (unpaired) electrons. The second kappa shape index (κ2) is 5.30. The fraction of sp³-hybridized carbons (Fsp3) is 0.833. The first-order valence-corrected chi connectivity index (χ1v) is 5.28. The van der Waals surface area contributed by atoms with Gasteiger partial charge in [-0.1, -0.05) is 0 Å². The molecular formula is C6H14NO4P. The van der Waals surface area contributed by atoms with Gasteiger partial charge in [-0.2, -0.15) is 0 Å². The average Bonchev–Trinajstić information content (AvgIpc) is 2.05. The highest BCUT2D eigenvalue weighted by Crippen LogP contribution is 2.45. The summed E-state index contributed by atoms with van der Waals surface area (Å²) in [5, 5.41) is 2.50. The number of carbonyl (C=O) groups is 1. The lowest BCUT2D eigenvalue weighted by atomic mass is 10.6. The maximum Gasteiger partial charge on any atom is 0.339 e. The number of carbonyl (C=O) groups excluding carboxylic acids is 1. The zero-order valence-electron chi connectivity index (χ0n) is 7.49. The predicted octanol–water partition coefficient (Wildman–Crippen LogP) is 0.608. The van der Waals surface area contributed by atoms with Gasteiger partial charge in [-0.05, 0) is 6.92 Å². The van der Waals surface area contributed by atoms with E-state index in [0.717, 1.165) is 0 Å². The molecule has 12 heavy (non-hydrogen) atoms. The maximum atomic E-state index is 11.3. The van der Waals surface area contributed by atoms with E-state index < -0.39 is 7.60 Å². The Bertz CT molecular complexity index is 186. The quantitative estimate of drug-likeness (QED) is 0.652. The van der Waals surface area contributed by atoms with Gasteiger partial charge in [-0.25, -0.2) is 0 Å². The predicted molar refractivity (Wildman–Crippen MR) is 45.2 cm³/mol. The molecule has 0 aromatic heterocycles. The van der Waals surface area contributed by atoms with Crippen molar-refractivity contribution in [3.8, 4) is 0 Å². The SMILES string of the molecule is CCNC(=O)CP(=O)(OC)OC. The number of nitrogens with one attached hydrogen (secondary N) is 1. The Morgan fingerprint density at radius 1 is 1.42 bits per heavy atom. The van der Waals surface area contributed by atoms with Crippen LogP contribution in [0.1, 0.15) is 6.92 Å². The van der Waals surface area contributed by atoms with Crippen molar-refractivity contribution in [3.05, 3.63) is 0 Å². The molecule has 72 valence electrons. The number of amides is 1. The summed E-state index contributed by atoms with van der Waals surface area (Å²) in [5.41, 5.74) is 0. The average molecular weight is 195 g/mol. The Kier molecular flexibility index (Phi) is 5.13. The normalized spacial score (nSPS) is 11.2. The van der Waals surface area contributed by atoms with Gasteiger partial charge in [0.05, 0.1) is 0 Å². The number of hydrogen-bond donors (Lipinski definition) is 1. The topological polar surface area (TPSA) is 64.6 Å². The van der Waals surface area contributed by atoms with Gasteiger partial charge in [-0.3, -0.25) is 9.36 Å². The van der Waals surface area contributed by atoms with Crippen LogP contribution in [0.15, 0.2) is 0 Å². The van der Waals surface area contributed by atoms with Gasteiger partial charge >= 0.3 is 7.60 Å². The van der Waals surface area contributed by atoms with Crippen LogP contribution in [-0.2, 0) is 18.4 Å². The van der Waals surface area contributed by atoms with Gasteiger partial charge in [0, 0.05) is 20.8 Å². The molecule has 0 rings (SSSR count). The summed E-state index contributed by atoms with van der Waals surface area (Å²) in [5.74, 6) is -0.329. The van der Waals surface area contributed by atoms with E-state index in [1.54, 1.807) is 6.92 Å². The molecule has 1 N–H and O–H groups in total. The molecular weight excluding hydrogens is 181 g/mol. The molecule has 0 aromatic carbocycles. The minimum atomic E-state index is -3.18. The van der Waals surface area contributed by atoms with E-state index in [0.29, 0.717) is 6.54 Å². The first-order valence-electron chi connectivity index (χ1n) is 3.55. The standard InChI is InChI=1S/C6H14NO4P/c1-4-7-6(8)5-12(9,10-2)11-3/h4-5H2,1-3H3,(H,7,8). The van der Waals surface area contributed by atoms with Crippen molar-refractivity contribution in [1.82, 2.24) is 5.32 Å². The minimum absolute atomic E-state index is 0.228. The van der Waals surface area contributed by atoms with Crippen LogP contribution in [-0.4, -0.2) is 32.8 Å². The molecule has 6 heteroatoms. The van der Waals surface area contributed by atoms with Crippen LogP contribution in [0, 0.1) is 0 Å². The molecule has 0 unspecified atom stereocenters. The Morgan fingerprint density at radius 2 is 1.92 bits per heavy atom. The molecule has 0 spiro atoms. The fourth-order valence-corrected chi connectivity index (χ4v) is 1.50. The maximum absolute atomic E-state index is 11.3. The first kappa shape index (κ1) is 11.6. The van der Waals surface area contributed by atoms with E-state index in [2.05, 4.69) is 14.4 Å². The van der Waals surface area contributed by atoms with Crippen LogP contribution >= 0.6 is 7.60 Å². The molecule has 0 aliphatic heterocycles. The first-order chi connectivity index (χ1) is 5.58. The Labute approximate surface area is 72.0 Å². The molecule has 0 bridgehead atoms.